The normalized spacial score (nSPS) is 22.2. The van der Waals surface area contributed by atoms with E-state index in [4.69, 9.17) is 9.31 Å². The molecule has 0 unspecified atom stereocenters. The van der Waals surface area contributed by atoms with Gasteiger partial charge in [0.25, 0.3) is 0 Å². The van der Waals surface area contributed by atoms with Crippen molar-refractivity contribution in [3.05, 3.63) is 24.5 Å². The van der Waals surface area contributed by atoms with Crippen LogP contribution in [0.5, 0.6) is 0 Å². The van der Waals surface area contributed by atoms with Gasteiger partial charge in [-0.2, -0.15) is 5.10 Å². The highest BCUT2D eigenvalue weighted by Crippen LogP contribution is 2.36. The Morgan fingerprint density at radius 2 is 1.76 bits per heavy atom. The van der Waals surface area contributed by atoms with Gasteiger partial charge >= 0.3 is 7.12 Å². The molecule has 136 valence electrons. The molecule has 6 nitrogen and oxygen atoms in total. The van der Waals surface area contributed by atoms with Crippen LogP contribution in [0, 0.1) is 0 Å². The van der Waals surface area contributed by atoms with Gasteiger partial charge in [0.1, 0.15) is 0 Å². The first-order chi connectivity index (χ1) is 11.4. The summed E-state index contributed by atoms with van der Waals surface area (Å²) in [7, 11) is -0.354. The van der Waals surface area contributed by atoms with Crippen LogP contribution in [0.1, 0.15) is 27.7 Å². The summed E-state index contributed by atoms with van der Waals surface area (Å²) in [6.07, 6.45) is 3.88. The van der Waals surface area contributed by atoms with Crippen LogP contribution in [0.15, 0.2) is 24.5 Å². The first-order valence-electron chi connectivity index (χ1n) is 8.66. The Labute approximate surface area is 155 Å². The molecule has 25 heavy (non-hydrogen) atoms. The van der Waals surface area contributed by atoms with Crippen molar-refractivity contribution in [2.45, 2.75) is 38.9 Å². The van der Waals surface area contributed by atoms with Crippen molar-refractivity contribution in [3.63, 3.8) is 0 Å². The average molecular weight is 365 g/mol. The van der Waals surface area contributed by atoms with Gasteiger partial charge < -0.3 is 19.5 Å². The van der Waals surface area contributed by atoms with Gasteiger partial charge in [0, 0.05) is 44.0 Å². The van der Waals surface area contributed by atoms with Crippen molar-refractivity contribution in [3.8, 4) is 0 Å². The molecule has 0 bridgehead atoms. The van der Waals surface area contributed by atoms with E-state index in [0.717, 1.165) is 37.2 Å². The first kappa shape index (κ1) is 18.5. The molecule has 2 fully saturated rings. The highest BCUT2D eigenvalue weighted by Gasteiger charge is 2.52. The second kappa shape index (κ2) is 6.47. The van der Waals surface area contributed by atoms with Gasteiger partial charge in [-0.3, -0.25) is 0 Å². The van der Waals surface area contributed by atoms with Gasteiger partial charge in [0.05, 0.1) is 22.4 Å². The van der Waals surface area contributed by atoms with Crippen LogP contribution in [0.2, 0.25) is 0 Å². The highest BCUT2D eigenvalue weighted by molar-refractivity contribution is 6.62. The molecule has 0 atom stereocenters. The lowest BCUT2D eigenvalue weighted by molar-refractivity contribution is 0.00578. The molecule has 0 aromatic carbocycles. The molecule has 2 aliphatic rings. The lowest BCUT2D eigenvalue weighted by Crippen LogP contribution is -2.43. The zero-order chi connectivity index (χ0) is 16.9. The molecule has 0 amide bonds. The van der Waals surface area contributed by atoms with E-state index < -0.39 is 0 Å². The molecule has 2 aliphatic heterocycles. The fourth-order valence-corrected chi connectivity index (χ4v) is 3.30. The Kier molecular flexibility index (Phi) is 4.79. The van der Waals surface area contributed by atoms with Gasteiger partial charge in [0.2, 0.25) is 0 Å². The lowest BCUT2D eigenvalue weighted by Gasteiger charge is -2.32. The van der Waals surface area contributed by atoms with Crippen LogP contribution in [-0.2, 0) is 9.31 Å². The number of nitrogens with zero attached hydrogens (tertiary/aromatic N) is 3. The Morgan fingerprint density at radius 1 is 1.12 bits per heavy atom. The molecule has 1 N–H and O–H groups in total. The predicted molar refractivity (Wildman–Crippen MR) is 103 cm³/mol. The fraction of sp³-hybridized carbons (Fsp3) is 0.588. The Morgan fingerprint density at radius 3 is 2.40 bits per heavy atom. The summed E-state index contributed by atoms with van der Waals surface area (Å²) in [5, 5.41) is 7.86. The molecule has 4 heterocycles. The second-order valence-electron chi connectivity index (χ2n) is 7.64. The third-order valence-electron chi connectivity index (χ3n) is 5.49. The zero-order valence-corrected chi connectivity index (χ0v) is 16.1. The number of hydrogen-bond donors (Lipinski definition) is 1. The van der Waals surface area contributed by atoms with Crippen LogP contribution in [-0.4, -0.2) is 54.1 Å². The van der Waals surface area contributed by atoms with Gasteiger partial charge in [-0.05, 0) is 39.8 Å². The minimum Gasteiger partial charge on any atom is -0.399 e. The third kappa shape index (κ3) is 3.14. The molecule has 2 aromatic rings. The molecule has 0 saturated carbocycles. The van der Waals surface area contributed by atoms with Gasteiger partial charge in [-0.15, -0.1) is 12.4 Å². The number of fused-ring (bicyclic) bond motifs is 1. The van der Waals surface area contributed by atoms with Crippen molar-refractivity contribution >= 4 is 36.2 Å². The average Bonchev–Trinajstić information content (AvgIpc) is 3.06. The summed E-state index contributed by atoms with van der Waals surface area (Å²) in [4.78, 5) is 2.40. The van der Waals surface area contributed by atoms with E-state index in [9.17, 15) is 0 Å². The van der Waals surface area contributed by atoms with E-state index in [2.05, 4.69) is 55.1 Å². The number of rotatable bonds is 2. The monoisotopic (exact) mass is 364 g/mol. The summed E-state index contributed by atoms with van der Waals surface area (Å²) in [6, 6.07) is 4.24. The van der Waals surface area contributed by atoms with Gasteiger partial charge in [0.15, 0.2) is 0 Å². The third-order valence-corrected chi connectivity index (χ3v) is 5.49. The second-order valence-corrected chi connectivity index (χ2v) is 7.64. The fourth-order valence-electron chi connectivity index (χ4n) is 3.30. The predicted octanol–water partition coefficient (Wildman–Crippen LogP) is 1.46. The van der Waals surface area contributed by atoms with Crippen molar-refractivity contribution < 1.29 is 9.31 Å². The van der Waals surface area contributed by atoms with E-state index >= 15 is 0 Å². The lowest BCUT2D eigenvalue weighted by atomic mass is 9.81. The summed E-state index contributed by atoms with van der Waals surface area (Å²) < 4.78 is 14.3. The molecule has 4 rings (SSSR count). The molecule has 2 saturated heterocycles. The summed E-state index contributed by atoms with van der Waals surface area (Å²) in [5.74, 6) is 0. The first-order valence-corrected chi connectivity index (χ1v) is 8.66. The van der Waals surface area contributed by atoms with Crippen LogP contribution in [0.4, 0.5) is 5.69 Å². The zero-order valence-electron chi connectivity index (χ0n) is 15.3. The van der Waals surface area contributed by atoms with Crippen molar-refractivity contribution in [1.82, 2.24) is 14.9 Å². The topological polar surface area (TPSA) is 51.0 Å². The van der Waals surface area contributed by atoms with E-state index in [1.165, 1.54) is 5.69 Å². The summed E-state index contributed by atoms with van der Waals surface area (Å²) in [5.41, 5.74) is 2.67. The molecular formula is C17H26BClN4O2. The number of anilines is 1. The molecular weight excluding hydrogens is 338 g/mol. The minimum atomic E-state index is -0.354. The molecule has 0 spiro atoms. The molecule has 0 aliphatic carbocycles. The van der Waals surface area contributed by atoms with Crippen molar-refractivity contribution in [2.75, 3.05) is 31.1 Å². The van der Waals surface area contributed by atoms with Gasteiger partial charge in [-0.25, -0.2) is 4.52 Å². The maximum atomic E-state index is 6.18. The SMILES string of the molecule is CC1(C)OB(c2cc3c(N4CCNCC4)ccnn3c2)OC1(C)C.Cl. The Hall–Kier alpha value is -1.28. The molecule has 8 heteroatoms. The smallest absolute Gasteiger partial charge is 0.399 e. The maximum Gasteiger partial charge on any atom is 0.496 e. The number of nitrogens with one attached hydrogen (secondary N) is 1. The largest absolute Gasteiger partial charge is 0.496 e. The minimum absolute atomic E-state index is 0. The van der Waals surface area contributed by atoms with Crippen molar-refractivity contribution in [1.29, 1.82) is 0 Å². The molecule has 2 aromatic heterocycles. The van der Waals surface area contributed by atoms with Crippen LogP contribution in [0.3, 0.4) is 0 Å². The van der Waals surface area contributed by atoms with Gasteiger partial charge in [-0.1, -0.05) is 0 Å². The standard InChI is InChI=1S/C17H25BN4O2.ClH/c1-16(2)17(3,4)24-18(23-16)13-11-15-14(5-6-20-22(15)12-13)21-9-7-19-8-10-21;/h5-6,11-12,19H,7-10H2,1-4H3;1H. The number of hydrogen-bond acceptors (Lipinski definition) is 5. The summed E-state index contributed by atoms with van der Waals surface area (Å²) >= 11 is 0. The van der Waals surface area contributed by atoms with Crippen LogP contribution in [0.25, 0.3) is 5.52 Å². The van der Waals surface area contributed by atoms with Crippen LogP contribution >= 0.6 is 12.4 Å². The van der Waals surface area contributed by atoms with E-state index in [1.54, 1.807) is 0 Å². The summed E-state index contributed by atoms with van der Waals surface area (Å²) in [6.45, 7) is 12.4. The molecule has 0 radical (unpaired) electrons. The van der Waals surface area contributed by atoms with E-state index in [-0.39, 0.29) is 30.7 Å². The Bertz CT molecular complexity index is 742. The number of halogens is 1. The maximum absolute atomic E-state index is 6.18. The highest BCUT2D eigenvalue weighted by atomic mass is 35.5. The van der Waals surface area contributed by atoms with E-state index in [0.29, 0.717) is 0 Å². The Balaban J connectivity index is 0.00000182. The number of piperazine rings is 1. The van der Waals surface area contributed by atoms with Crippen LogP contribution < -0.4 is 15.7 Å². The van der Waals surface area contributed by atoms with E-state index in [1.807, 2.05) is 16.9 Å². The van der Waals surface area contributed by atoms with Crippen molar-refractivity contribution in [2.24, 2.45) is 0 Å². The number of aromatic nitrogens is 2. The quantitative estimate of drug-likeness (QED) is 0.818.